The van der Waals surface area contributed by atoms with Crippen LogP contribution in [0.1, 0.15) is 16.8 Å². The highest BCUT2D eigenvalue weighted by Gasteiger charge is 1.99. The van der Waals surface area contributed by atoms with Crippen molar-refractivity contribution in [2.45, 2.75) is 0 Å². The first kappa shape index (κ1) is 16.3. The molecule has 1 aromatic heterocycles. The first-order chi connectivity index (χ1) is 12.1. The van der Waals surface area contributed by atoms with Gasteiger partial charge in [0.2, 0.25) is 0 Å². The van der Waals surface area contributed by atoms with Crippen molar-refractivity contribution in [1.82, 2.24) is 15.0 Å². The Labute approximate surface area is 144 Å². The van der Waals surface area contributed by atoms with E-state index >= 15 is 0 Å². The molecule has 0 saturated heterocycles. The molecule has 0 unspecified atom stereocenters. The highest BCUT2D eigenvalue weighted by Crippen LogP contribution is 2.25. The van der Waals surface area contributed by atoms with Crippen molar-refractivity contribution in [2.75, 3.05) is 7.11 Å². The standard InChI is InChI=1S/C19H17N3O3/c1-25-17-4-2-3-14(11-17)9-10-22-13-16(20-21-22)7-5-15-6-8-18(23)19(24)12-15/h2-13,23-24H,1H3/b7-5+,10-9+. The molecule has 3 rings (SSSR count). The Morgan fingerprint density at radius 3 is 2.60 bits per heavy atom. The van der Waals surface area contributed by atoms with Gasteiger partial charge in [0, 0.05) is 6.20 Å². The highest BCUT2D eigenvalue weighted by molar-refractivity contribution is 5.69. The number of aromatic hydroxyl groups is 2. The average molecular weight is 335 g/mol. The SMILES string of the molecule is COc1cccc(/C=C/n2cc(/C=C/c3ccc(O)c(O)c3)nn2)c1. The highest BCUT2D eigenvalue weighted by atomic mass is 16.5. The fraction of sp³-hybridized carbons (Fsp3) is 0.0526. The monoisotopic (exact) mass is 335 g/mol. The zero-order valence-electron chi connectivity index (χ0n) is 13.6. The Hall–Kier alpha value is -3.54. The molecule has 0 aliphatic carbocycles. The van der Waals surface area contributed by atoms with Crippen LogP contribution < -0.4 is 4.74 Å². The van der Waals surface area contributed by atoms with E-state index in [1.165, 1.54) is 12.1 Å². The Balaban J connectivity index is 1.70. The third-order valence-electron chi connectivity index (χ3n) is 3.49. The van der Waals surface area contributed by atoms with Crippen molar-refractivity contribution in [1.29, 1.82) is 0 Å². The lowest BCUT2D eigenvalue weighted by Gasteiger charge is -1.99. The van der Waals surface area contributed by atoms with Crippen LogP contribution in [0.15, 0.2) is 48.7 Å². The maximum atomic E-state index is 9.48. The van der Waals surface area contributed by atoms with Crippen LogP contribution in [0.25, 0.3) is 24.4 Å². The summed E-state index contributed by atoms with van der Waals surface area (Å²) in [6.07, 6.45) is 9.02. The normalized spacial score (nSPS) is 11.4. The van der Waals surface area contributed by atoms with Gasteiger partial charge >= 0.3 is 0 Å². The van der Waals surface area contributed by atoms with Gasteiger partial charge in [-0.05, 0) is 47.5 Å². The van der Waals surface area contributed by atoms with Crippen molar-refractivity contribution >= 4 is 24.4 Å². The minimum Gasteiger partial charge on any atom is -0.504 e. The number of rotatable bonds is 5. The lowest BCUT2D eigenvalue weighted by Crippen LogP contribution is -1.86. The molecule has 0 spiro atoms. The van der Waals surface area contributed by atoms with E-state index < -0.39 is 0 Å². The summed E-state index contributed by atoms with van der Waals surface area (Å²) in [6.45, 7) is 0. The van der Waals surface area contributed by atoms with Gasteiger partial charge in [-0.15, -0.1) is 5.10 Å². The van der Waals surface area contributed by atoms with E-state index in [0.29, 0.717) is 5.69 Å². The first-order valence-electron chi connectivity index (χ1n) is 7.58. The molecule has 3 aromatic rings. The number of methoxy groups -OCH3 is 1. The van der Waals surface area contributed by atoms with Gasteiger partial charge in [-0.1, -0.05) is 29.5 Å². The van der Waals surface area contributed by atoms with Crippen LogP contribution >= 0.6 is 0 Å². The summed E-state index contributed by atoms with van der Waals surface area (Å²) in [7, 11) is 1.63. The van der Waals surface area contributed by atoms with Crippen molar-refractivity contribution in [3.05, 3.63) is 65.5 Å². The lowest BCUT2D eigenvalue weighted by molar-refractivity contribution is 0.403. The predicted molar refractivity (Wildman–Crippen MR) is 96.9 cm³/mol. The fourth-order valence-corrected chi connectivity index (χ4v) is 2.17. The van der Waals surface area contributed by atoms with E-state index in [4.69, 9.17) is 4.74 Å². The Morgan fingerprint density at radius 1 is 0.960 bits per heavy atom. The maximum absolute atomic E-state index is 9.48. The largest absolute Gasteiger partial charge is 0.504 e. The third kappa shape index (κ3) is 4.26. The van der Waals surface area contributed by atoms with Crippen molar-refractivity contribution in [2.24, 2.45) is 0 Å². The maximum Gasteiger partial charge on any atom is 0.157 e. The molecular weight excluding hydrogens is 318 g/mol. The summed E-state index contributed by atoms with van der Waals surface area (Å²) in [6, 6.07) is 12.3. The van der Waals surface area contributed by atoms with Crippen LogP contribution in [0.5, 0.6) is 17.2 Å². The molecule has 0 aliphatic heterocycles. The molecule has 25 heavy (non-hydrogen) atoms. The van der Waals surface area contributed by atoms with E-state index in [2.05, 4.69) is 10.3 Å². The number of phenolic OH excluding ortho intramolecular Hbond substituents is 2. The van der Waals surface area contributed by atoms with Gasteiger partial charge in [0.05, 0.1) is 13.3 Å². The molecule has 0 amide bonds. The molecule has 2 aromatic carbocycles. The number of benzene rings is 2. The van der Waals surface area contributed by atoms with Crippen molar-refractivity contribution in [3.63, 3.8) is 0 Å². The molecule has 0 bridgehead atoms. The summed E-state index contributed by atoms with van der Waals surface area (Å²) >= 11 is 0. The smallest absolute Gasteiger partial charge is 0.157 e. The molecule has 6 nitrogen and oxygen atoms in total. The zero-order valence-corrected chi connectivity index (χ0v) is 13.6. The summed E-state index contributed by atoms with van der Waals surface area (Å²) in [5.41, 5.74) is 2.41. The third-order valence-corrected chi connectivity index (χ3v) is 3.49. The number of hydrogen-bond donors (Lipinski definition) is 2. The molecule has 126 valence electrons. The van der Waals surface area contributed by atoms with Gasteiger partial charge in [0.25, 0.3) is 0 Å². The summed E-state index contributed by atoms with van der Waals surface area (Å²) in [4.78, 5) is 0. The van der Waals surface area contributed by atoms with Crippen LogP contribution in [-0.4, -0.2) is 32.3 Å². The topological polar surface area (TPSA) is 80.4 Å². The second-order valence-electron chi connectivity index (χ2n) is 5.30. The molecule has 0 saturated carbocycles. The van der Waals surface area contributed by atoms with Gasteiger partial charge < -0.3 is 14.9 Å². The number of ether oxygens (including phenoxy) is 1. The quantitative estimate of drug-likeness (QED) is 0.698. The molecule has 0 fully saturated rings. The predicted octanol–water partition coefficient (Wildman–Crippen LogP) is 3.50. The zero-order chi connectivity index (χ0) is 17.6. The molecule has 0 radical (unpaired) electrons. The Kier molecular flexibility index (Phi) is 4.80. The second-order valence-corrected chi connectivity index (χ2v) is 5.30. The van der Waals surface area contributed by atoms with Crippen LogP contribution in [-0.2, 0) is 0 Å². The minimum atomic E-state index is -0.160. The summed E-state index contributed by atoms with van der Waals surface area (Å²) in [5, 5.41) is 26.9. The minimum absolute atomic E-state index is 0.147. The fourth-order valence-electron chi connectivity index (χ4n) is 2.17. The van der Waals surface area contributed by atoms with E-state index in [-0.39, 0.29) is 11.5 Å². The molecular formula is C19H17N3O3. The van der Waals surface area contributed by atoms with Crippen LogP contribution in [0.4, 0.5) is 0 Å². The Morgan fingerprint density at radius 2 is 1.80 bits per heavy atom. The van der Waals surface area contributed by atoms with Gasteiger partial charge in [-0.2, -0.15) is 0 Å². The Bertz CT molecular complexity index is 929. The van der Waals surface area contributed by atoms with Crippen molar-refractivity contribution in [3.8, 4) is 17.2 Å². The van der Waals surface area contributed by atoms with Crippen LogP contribution in [0.3, 0.4) is 0 Å². The van der Waals surface area contributed by atoms with E-state index in [1.54, 1.807) is 42.4 Å². The number of phenols is 2. The van der Waals surface area contributed by atoms with Gasteiger partial charge in [-0.25, -0.2) is 4.68 Å². The first-order valence-corrected chi connectivity index (χ1v) is 7.58. The molecule has 6 heteroatoms. The number of hydrogen-bond acceptors (Lipinski definition) is 5. The second kappa shape index (κ2) is 7.35. The van der Waals surface area contributed by atoms with E-state index in [0.717, 1.165) is 16.9 Å². The van der Waals surface area contributed by atoms with Crippen molar-refractivity contribution < 1.29 is 14.9 Å². The molecule has 1 heterocycles. The number of aromatic nitrogens is 3. The van der Waals surface area contributed by atoms with Gasteiger partial charge in [0.15, 0.2) is 11.5 Å². The number of nitrogens with zero attached hydrogens (tertiary/aromatic N) is 3. The van der Waals surface area contributed by atoms with Crippen LogP contribution in [0.2, 0.25) is 0 Å². The summed E-state index contributed by atoms with van der Waals surface area (Å²) < 4.78 is 6.79. The van der Waals surface area contributed by atoms with Gasteiger partial charge in [-0.3, -0.25) is 0 Å². The average Bonchev–Trinajstić information content (AvgIpc) is 3.09. The van der Waals surface area contributed by atoms with Crippen LogP contribution in [0, 0.1) is 0 Å². The van der Waals surface area contributed by atoms with E-state index in [1.807, 2.05) is 30.3 Å². The summed E-state index contributed by atoms with van der Waals surface area (Å²) in [5.74, 6) is 0.485. The van der Waals surface area contributed by atoms with E-state index in [9.17, 15) is 10.2 Å². The molecule has 2 N–H and O–H groups in total. The molecule has 0 aliphatic rings. The lowest BCUT2D eigenvalue weighted by atomic mass is 10.2. The van der Waals surface area contributed by atoms with Gasteiger partial charge in [0.1, 0.15) is 11.4 Å². The molecule has 0 atom stereocenters.